The van der Waals surface area contributed by atoms with Crippen molar-refractivity contribution in [3.63, 3.8) is 0 Å². The first-order chi connectivity index (χ1) is 14.3. The fourth-order valence-electron chi connectivity index (χ4n) is 3.46. The van der Waals surface area contributed by atoms with E-state index in [2.05, 4.69) is 44.1 Å². The number of nitrogens with zero attached hydrogens (tertiary/aromatic N) is 3. The Balaban J connectivity index is 0.00000256. The summed E-state index contributed by atoms with van der Waals surface area (Å²) in [5.41, 5.74) is 2.31. The summed E-state index contributed by atoms with van der Waals surface area (Å²) in [5, 5.41) is 10.1. The number of aromatic nitrogens is 1. The molecule has 2 N–H and O–H groups in total. The zero-order valence-electron chi connectivity index (χ0n) is 17.6. The second-order valence-electron chi connectivity index (χ2n) is 7.78. The lowest BCUT2D eigenvalue weighted by Gasteiger charge is -2.14. The minimum absolute atomic E-state index is 0. The third kappa shape index (κ3) is 6.73. The maximum absolute atomic E-state index is 6.00. The molecule has 1 saturated heterocycles. The van der Waals surface area contributed by atoms with Crippen LogP contribution in [-0.4, -0.2) is 44.2 Å². The van der Waals surface area contributed by atoms with Gasteiger partial charge in [-0.1, -0.05) is 18.2 Å². The molecule has 6 nitrogen and oxygen atoms in total. The van der Waals surface area contributed by atoms with E-state index in [1.54, 1.807) is 18.4 Å². The van der Waals surface area contributed by atoms with Crippen LogP contribution in [0.4, 0.5) is 5.13 Å². The molecule has 2 heterocycles. The number of ether oxygens (including phenoxy) is 1. The molecular weight excluding hydrogens is 509 g/mol. The largest absolute Gasteiger partial charge is 0.493 e. The summed E-state index contributed by atoms with van der Waals surface area (Å²) in [4.78, 5) is 11.5. The number of halogens is 1. The molecule has 0 atom stereocenters. The maximum atomic E-state index is 6.00. The van der Waals surface area contributed by atoms with Crippen molar-refractivity contribution in [1.29, 1.82) is 0 Å². The number of para-hydroxylation sites is 1. The molecular formula is C22H32IN5OS. The van der Waals surface area contributed by atoms with Crippen molar-refractivity contribution >= 4 is 46.4 Å². The maximum Gasteiger partial charge on any atom is 0.191 e. The van der Waals surface area contributed by atoms with Gasteiger partial charge >= 0.3 is 0 Å². The van der Waals surface area contributed by atoms with Crippen LogP contribution in [0.25, 0.3) is 0 Å². The van der Waals surface area contributed by atoms with Crippen molar-refractivity contribution in [2.24, 2.45) is 10.9 Å². The van der Waals surface area contributed by atoms with Crippen LogP contribution < -0.4 is 20.3 Å². The van der Waals surface area contributed by atoms with Gasteiger partial charge in [-0.05, 0) is 37.7 Å². The van der Waals surface area contributed by atoms with Crippen molar-refractivity contribution in [2.75, 3.05) is 38.2 Å². The Bertz CT molecular complexity index is 817. The average molecular weight is 542 g/mol. The van der Waals surface area contributed by atoms with Gasteiger partial charge in [0, 0.05) is 50.6 Å². The second kappa shape index (κ2) is 11.7. The molecule has 2 aliphatic rings. The molecule has 0 unspecified atom stereocenters. The molecule has 4 rings (SSSR count). The Morgan fingerprint density at radius 3 is 2.80 bits per heavy atom. The molecule has 0 radical (unpaired) electrons. The first kappa shape index (κ1) is 23.1. The molecule has 164 valence electrons. The first-order valence-corrected chi connectivity index (χ1v) is 11.5. The van der Waals surface area contributed by atoms with Crippen LogP contribution in [0, 0.1) is 5.92 Å². The summed E-state index contributed by atoms with van der Waals surface area (Å²) < 4.78 is 6.00. The van der Waals surface area contributed by atoms with Gasteiger partial charge in [0.1, 0.15) is 5.75 Å². The third-order valence-corrected chi connectivity index (χ3v) is 6.35. The summed E-state index contributed by atoms with van der Waals surface area (Å²) >= 11 is 1.76. The number of rotatable bonds is 9. The predicted molar refractivity (Wildman–Crippen MR) is 136 cm³/mol. The number of hydrogen-bond acceptors (Lipinski definition) is 5. The van der Waals surface area contributed by atoms with E-state index < -0.39 is 0 Å². The molecule has 1 aliphatic heterocycles. The van der Waals surface area contributed by atoms with Crippen LogP contribution in [0.5, 0.6) is 5.75 Å². The van der Waals surface area contributed by atoms with Crippen molar-refractivity contribution < 1.29 is 4.74 Å². The van der Waals surface area contributed by atoms with E-state index in [0.717, 1.165) is 61.5 Å². The molecule has 0 amide bonds. The molecule has 2 fully saturated rings. The molecule has 0 bridgehead atoms. The fourth-order valence-corrected chi connectivity index (χ4v) is 4.37. The summed E-state index contributed by atoms with van der Waals surface area (Å²) in [6.45, 7) is 4.62. The Morgan fingerprint density at radius 2 is 2.03 bits per heavy atom. The number of guanidine groups is 1. The number of benzene rings is 1. The van der Waals surface area contributed by atoms with Crippen LogP contribution in [0.3, 0.4) is 0 Å². The number of anilines is 1. The average Bonchev–Trinajstić information content (AvgIpc) is 3.20. The highest BCUT2D eigenvalue weighted by molar-refractivity contribution is 14.0. The van der Waals surface area contributed by atoms with Crippen LogP contribution in [0.2, 0.25) is 0 Å². The highest BCUT2D eigenvalue weighted by atomic mass is 127. The molecule has 0 spiro atoms. The minimum atomic E-state index is 0. The Labute approximate surface area is 200 Å². The highest BCUT2D eigenvalue weighted by Gasteiger charge is 2.22. The molecule has 1 aromatic carbocycles. The summed E-state index contributed by atoms with van der Waals surface area (Å²) in [5.74, 6) is 2.53. The molecule has 2 aromatic rings. The van der Waals surface area contributed by atoms with Crippen LogP contribution >= 0.6 is 35.3 Å². The van der Waals surface area contributed by atoms with Crippen molar-refractivity contribution in [1.82, 2.24) is 15.6 Å². The Hall–Kier alpha value is -1.55. The van der Waals surface area contributed by atoms with Crippen LogP contribution in [-0.2, 0) is 13.0 Å². The van der Waals surface area contributed by atoms with Gasteiger partial charge in [0.05, 0.1) is 12.3 Å². The summed E-state index contributed by atoms with van der Waals surface area (Å²) in [6, 6.07) is 8.24. The monoisotopic (exact) mass is 541 g/mol. The van der Waals surface area contributed by atoms with Gasteiger partial charge in [0.2, 0.25) is 0 Å². The van der Waals surface area contributed by atoms with Crippen LogP contribution in [0.15, 0.2) is 34.6 Å². The van der Waals surface area contributed by atoms with Crippen molar-refractivity contribution in [3.8, 4) is 5.75 Å². The summed E-state index contributed by atoms with van der Waals surface area (Å²) in [6.07, 6.45) is 6.07. The van der Waals surface area contributed by atoms with Crippen molar-refractivity contribution in [2.45, 2.75) is 38.6 Å². The minimum Gasteiger partial charge on any atom is -0.493 e. The first-order valence-electron chi connectivity index (χ1n) is 10.7. The quantitative estimate of drug-likeness (QED) is 0.285. The number of nitrogens with one attached hydrogen (secondary N) is 2. The van der Waals surface area contributed by atoms with Gasteiger partial charge in [-0.2, -0.15) is 0 Å². The highest BCUT2D eigenvalue weighted by Crippen LogP contribution is 2.30. The topological polar surface area (TPSA) is 61.8 Å². The summed E-state index contributed by atoms with van der Waals surface area (Å²) in [7, 11) is 1.80. The SMILES string of the molecule is CN=C(NCCc1csc(N2CCCC2)n1)NCc1ccccc1OCC1CC1.I. The van der Waals surface area contributed by atoms with Crippen LogP contribution in [0.1, 0.15) is 36.9 Å². The van der Waals surface area contributed by atoms with Gasteiger partial charge < -0.3 is 20.3 Å². The third-order valence-electron chi connectivity index (χ3n) is 5.40. The van der Waals surface area contributed by atoms with Gasteiger partial charge in [-0.3, -0.25) is 4.99 Å². The molecule has 1 saturated carbocycles. The lowest BCUT2D eigenvalue weighted by atomic mass is 10.2. The number of hydrogen-bond donors (Lipinski definition) is 2. The predicted octanol–water partition coefficient (Wildman–Crippen LogP) is 4.06. The molecule has 1 aliphatic carbocycles. The fraction of sp³-hybridized carbons (Fsp3) is 0.545. The van der Waals surface area contributed by atoms with E-state index in [1.807, 2.05) is 6.07 Å². The lowest BCUT2D eigenvalue weighted by Crippen LogP contribution is -2.38. The van der Waals surface area contributed by atoms with E-state index in [1.165, 1.54) is 30.8 Å². The zero-order valence-corrected chi connectivity index (χ0v) is 20.7. The smallest absolute Gasteiger partial charge is 0.191 e. The van der Waals surface area contributed by atoms with E-state index in [9.17, 15) is 0 Å². The van der Waals surface area contributed by atoms with E-state index >= 15 is 0 Å². The van der Waals surface area contributed by atoms with Gasteiger partial charge in [0.25, 0.3) is 0 Å². The number of aliphatic imine (C=N–C) groups is 1. The molecule has 8 heteroatoms. The van der Waals surface area contributed by atoms with E-state index in [4.69, 9.17) is 9.72 Å². The Morgan fingerprint density at radius 1 is 1.23 bits per heavy atom. The van der Waals surface area contributed by atoms with Gasteiger partial charge in [0.15, 0.2) is 11.1 Å². The molecule has 1 aromatic heterocycles. The normalized spacial score (nSPS) is 16.3. The number of thiazole rings is 1. The van der Waals surface area contributed by atoms with Gasteiger partial charge in [-0.25, -0.2) is 4.98 Å². The second-order valence-corrected chi connectivity index (χ2v) is 8.62. The molecule has 30 heavy (non-hydrogen) atoms. The van der Waals surface area contributed by atoms with Gasteiger partial charge in [-0.15, -0.1) is 35.3 Å². The van der Waals surface area contributed by atoms with E-state index in [-0.39, 0.29) is 24.0 Å². The standard InChI is InChI=1S/C22H31N5OS.HI/c1-23-21(24-11-10-19-16-29-22(26-19)27-12-4-5-13-27)25-14-18-6-2-3-7-20(18)28-15-17-8-9-17;/h2-3,6-7,16-17H,4-5,8-15H2,1H3,(H2,23,24,25);1H. The Kier molecular flexibility index (Phi) is 9.05. The van der Waals surface area contributed by atoms with Crippen molar-refractivity contribution in [3.05, 3.63) is 40.9 Å². The zero-order chi connectivity index (χ0) is 19.9. The van der Waals surface area contributed by atoms with E-state index in [0.29, 0.717) is 6.54 Å². The lowest BCUT2D eigenvalue weighted by molar-refractivity contribution is 0.296.